The number of aromatic nitrogens is 1. The number of carbonyl (C=O) groups is 1. The first-order valence-corrected chi connectivity index (χ1v) is 8.04. The zero-order valence-corrected chi connectivity index (χ0v) is 13.7. The maximum Gasteiger partial charge on any atom is 0.260 e. The van der Waals surface area contributed by atoms with E-state index >= 15 is 0 Å². The molecule has 0 aliphatic rings. The molecule has 0 bridgehead atoms. The van der Waals surface area contributed by atoms with Crippen LogP contribution < -0.4 is 16.2 Å². The number of nitrogen functional groups attached to an aromatic ring is 1. The van der Waals surface area contributed by atoms with Crippen LogP contribution in [0.2, 0.25) is 0 Å². The van der Waals surface area contributed by atoms with Crippen molar-refractivity contribution < 1.29 is 9.53 Å². The molecular formula is C17H14N4O2S. The number of benzene rings is 1. The molecule has 4 N–H and O–H groups in total. The standard InChI is InChI=1S/C17H14N4O2S/c1-2-23-16-10(8-18)11(9-6-4-3-5-7-9)12-13(19)14(15(20)22)24-17(12)21-16/h3-7H,2,19H2,1H3,(H2,20,22). The van der Waals surface area contributed by atoms with Gasteiger partial charge in [-0.15, -0.1) is 11.3 Å². The molecule has 0 atom stereocenters. The third kappa shape index (κ3) is 2.43. The van der Waals surface area contributed by atoms with E-state index in [9.17, 15) is 10.1 Å². The highest BCUT2D eigenvalue weighted by atomic mass is 32.1. The van der Waals surface area contributed by atoms with Crippen molar-refractivity contribution in [1.82, 2.24) is 4.98 Å². The van der Waals surface area contributed by atoms with Crippen molar-refractivity contribution in [2.75, 3.05) is 12.3 Å². The van der Waals surface area contributed by atoms with Crippen LogP contribution in [-0.2, 0) is 0 Å². The maximum absolute atomic E-state index is 11.6. The van der Waals surface area contributed by atoms with E-state index in [2.05, 4.69) is 11.1 Å². The number of nitrogens with two attached hydrogens (primary N) is 2. The number of nitriles is 1. The van der Waals surface area contributed by atoms with E-state index < -0.39 is 5.91 Å². The van der Waals surface area contributed by atoms with Crippen LogP contribution in [0.1, 0.15) is 22.2 Å². The van der Waals surface area contributed by atoms with Gasteiger partial charge in [-0.1, -0.05) is 30.3 Å². The first-order chi connectivity index (χ1) is 11.6. The second-order valence-electron chi connectivity index (χ2n) is 4.97. The van der Waals surface area contributed by atoms with Gasteiger partial charge in [0.15, 0.2) is 0 Å². The topological polar surface area (TPSA) is 115 Å². The summed E-state index contributed by atoms with van der Waals surface area (Å²) in [6.07, 6.45) is 0. The van der Waals surface area contributed by atoms with E-state index in [1.54, 1.807) is 0 Å². The van der Waals surface area contributed by atoms with E-state index in [0.717, 1.165) is 16.9 Å². The van der Waals surface area contributed by atoms with Gasteiger partial charge in [-0.25, -0.2) is 4.98 Å². The van der Waals surface area contributed by atoms with Crippen LogP contribution in [0, 0.1) is 11.3 Å². The van der Waals surface area contributed by atoms with E-state index in [4.69, 9.17) is 16.2 Å². The fourth-order valence-electron chi connectivity index (χ4n) is 2.55. The Morgan fingerprint density at radius 2 is 2.08 bits per heavy atom. The lowest BCUT2D eigenvalue weighted by Crippen LogP contribution is -2.10. The average Bonchev–Trinajstić information content (AvgIpc) is 2.91. The number of hydrogen-bond donors (Lipinski definition) is 2. The first kappa shape index (κ1) is 15.8. The number of thiophene rings is 1. The van der Waals surface area contributed by atoms with Gasteiger partial charge in [0.05, 0.1) is 12.3 Å². The summed E-state index contributed by atoms with van der Waals surface area (Å²) >= 11 is 1.10. The molecule has 1 aromatic carbocycles. The number of carbonyl (C=O) groups excluding carboxylic acids is 1. The normalized spacial score (nSPS) is 10.5. The molecule has 3 rings (SSSR count). The molecule has 2 heterocycles. The van der Waals surface area contributed by atoms with Gasteiger partial charge < -0.3 is 16.2 Å². The molecule has 2 aromatic heterocycles. The molecular weight excluding hydrogens is 324 g/mol. The molecule has 7 heteroatoms. The third-order valence-electron chi connectivity index (χ3n) is 3.52. The van der Waals surface area contributed by atoms with Crippen molar-refractivity contribution >= 4 is 33.1 Å². The van der Waals surface area contributed by atoms with Crippen molar-refractivity contribution in [3.63, 3.8) is 0 Å². The zero-order chi connectivity index (χ0) is 17.3. The number of hydrogen-bond acceptors (Lipinski definition) is 6. The molecule has 0 fully saturated rings. The molecule has 0 aliphatic carbocycles. The Hall–Kier alpha value is -3.11. The zero-order valence-electron chi connectivity index (χ0n) is 12.9. The molecule has 3 aromatic rings. The van der Waals surface area contributed by atoms with Gasteiger partial charge in [-0.05, 0) is 12.5 Å². The van der Waals surface area contributed by atoms with Gasteiger partial charge in [0, 0.05) is 10.9 Å². The monoisotopic (exact) mass is 338 g/mol. The summed E-state index contributed by atoms with van der Waals surface area (Å²) in [5.41, 5.74) is 13.5. The summed E-state index contributed by atoms with van der Waals surface area (Å²) < 4.78 is 5.52. The van der Waals surface area contributed by atoms with Gasteiger partial charge in [-0.2, -0.15) is 5.26 Å². The lowest BCUT2D eigenvalue weighted by molar-refractivity contribution is 0.100. The molecule has 0 radical (unpaired) electrons. The lowest BCUT2D eigenvalue weighted by Gasteiger charge is -2.11. The Bertz CT molecular complexity index is 974. The molecule has 1 amide bonds. The quantitative estimate of drug-likeness (QED) is 0.759. The second kappa shape index (κ2) is 6.18. The number of pyridine rings is 1. The molecule has 0 spiro atoms. The van der Waals surface area contributed by atoms with Gasteiger partial charge >= 0.3 is 0 Å². The molecule has 0 saturated heterocycles. The maximum atomic E-state index is 11.6. The summed E-state index contributed by atoms with van der Waals surface area (Å²) in [5.74, 6) is -0.394. The number of ether oxygens (including phenoxy) is 1. The predicted molar refractivity (Wildman–Crippen MR) is 93.9 cm³/mol. The van der Waals surface area contributed by atoms with E-state index in [1.165, 1.54) is 0 Å². The van der Waals surface area contributed by atoms with Crippen LogP contribution in [0.3, 0.4) is 0 Å². The van der Waals surface area contributed by atoms with Crippen LogP contribution in [0.15, 0.2) is 30.3 Å². The van der Waals surface area contributed by atoms with Crippen molar-refractivity contribution in [2.24, 2.45) is 5.73 Å². The van der Waals surface area contributed by atoms with Crippen molar-refractivity contribution in [3.8, 4) is 23.1 Å². The summed E-state index contributed by atoms with van der Waals surface area (Å²) in [6.45, 7) is 2.18. The average molecular weight is 338 g/mol. The highest BCUT2D eigenvalue weighted by molar-refractivity contribution is 7.21. The number of primary amides is 1. The van der Waals surface area contributed by atoms with Crippen molar-refractivity contribution in [3.05, 3.63) is 40.8 Å². The summed E-state index contributed by atoms with van der Waals surface area (Å²) in [5, 5.41) is 10.2. The Balaban J connectivity index is 2.48. The minimum Gasteiger partial charge on any atom is -0.477 e. The van der Waals surface area contributed by atoms with Crippen LogP contribution in [0.5, 0.6) is 5.88 Å². The number of amides is 1. The van der Waals surface area contributed by atoms with Gasteiger partial charge in [0.1, 0.15) is 21.3 Å². The fourth-order valence-corrected chi connectivity index (χ4v) is 3.50. The van der Waals surface area contributed by atoms with Crippen LogP contribution >= 0.6 is 11.3 Å². The molecule has 0 aliphatic heterocycles. The van der Waals surface area contributed by atoms with Gasteiger partial charge in [-0.3, -0.25) is 4.79 Å². The van der Waals surface area contributed by atoms with Crippen LogP contribution in [-0.4, -0.2) is 17.5 Å². The van der Waals surface area contributed by atoms with Gasteiger partial charge in [0.2, 0.25) is 5.88 Å². The van der Waals surface area contributed by atoms with Crippen LogP contribution in [0.4, 0.5) is 5.69 Å². The Kier molecular flexibility index (Phi) is 4.06. The Labute approximate surface area is 142 Å². The predicted octanol–water partition coefficient (Wildman–Crippen LogP) is 2.91. The number of rotatable bonds is 4. The number of anilines is 1. The summed E-state index contributed by atoms with van der Waals surface area (Å²) in [6, 6.07) is 11.5. The number of nitrogens with zero attached hydrogens (tertiary/aromatic N) is 2. The molecule has 0 unspecified atom stereocenters. The highest BCUT2D eigenvalue weighted by Crippen LogP contribution is 2.43. The summed E-state index contributed by atoms with van der Waals surface area (Å²) in [7, 11) is 0. The van der Waals surface area contributed by atoms with Gasteiger partial charge in [0.25, 0.3) is 5.91 Å². The van der Waals surface area contributed by atoms with E-state index in [0.29, 0.717) is 22.4 Å². The van der Waals surface area contributed by atoms with E-state index in [-0.39, 0.29) is 22.0 Å². The van der Waals surface area contributed by atoms with Crippen LogP contribution in [0.25, 0.3) is 21.3 Å². The van der Waals surface area contributed by atoms with Crippen molar-refractivity contribution in [1.29, 1.82) is 5.26 Å². The minimum absolute atomic E-state index is 0.226. The third-order valence-corrected chi connectivity index (χ3v) is 4.64. The van der Waals surface area contributed by atoms with E-state index in [1.807, 2.05) is 37.3 Å². The molecule has 0 saturated carbocycles. The lowest BCUT2D eigenvalue weighted by atomic mass is 9.97. The Morgan fingerprint density at radius 1 is 1.38 bits per heavy atom. The highest BCUT2D eigenvalue weighted by Gasteiger charge is 2.24. The SMILES string of the molecule is CCOc1nc2sc(C(N)=O)c(N)c2c(-c2ccccc2)c1C#N. The smallest absolute Gasteiger partial charge is 0.260 e. The summed E-state index contributed by atoms with van der Waals surface area (Å²) in [4.78, 5) is 16.7. The first-order valence-electron chi connectivity index (χ1n) is 7.22. The van der Waals surface area contributed by atoms with Crippen molar-refractivity contribution in [2.45, 2.75) is 6.92 Å². The molecule has 120 valence electrons. The minimum atomic E-state index is -0.619. The molecule has 6 nitrogen and oxygen atoms in total. The largest absolute Gasteiger partial charge is 0.477 e. The fraction of sp³-hybridized carbons (Fsp3) is 0.118. The Morgan fingerprint density at radius 3 is 2.67 bits per heavy atom. The number of fused-ring (bicyclic) bond motifs is 1. The molecule has 24 heavy (non-hydrogen) atoms. The second-order valence-corrected chi connectivity index (χ2v) is 5.97.